The standard InChI is InChI=1S/C13H17F3N2O2/c1-2-10(8-19)17-7-9-4-3-5-11(6-9)18-12(20)13(14,15)16/h3-6,10,17,19H,2,7-8H2,1H3,(H,18,20)/t10-/m0/s1. The minimum Gasteiger partial charge on any atom is -0.395 e. The van der Waals surface area contributed by atoms with Gasteiger partial charge in [0.15, 0.2) is 0 Å². The van der Waals surface area contributed by atoms with Crippen molar-refractivity contribution >= 4 is 11.6 Å². The third-order valence-electron chi connectivity index (χ3n) is 2.75. The van der Waals surface area contributed by atoms with E-state index in [1.54, 1.807) is 17.4 Å². The molecule has 0 saturated carbocycles. The van der Waals surface area contributed by atoms with E-state index in [1.165, 1.54) is 12.1 Å². The number of benzene rings is 1. The van der Waals surface area contributed by atoms with Crippen LogP contribution >= 0.6 is 0 Å². The summed E-state index contributed by atoms with van der Waals surface area (Å²) in [7, 11) is 0. The zero-order valence-electron chi connectivity index (χ0n) is 11.0. The second kappa shape index (κ2) is 7.25. The van der Waals surface area contributed by atoms with Gasteiger partial charge in [0.1, 0.15) is 0 Å². The molecule has 0 saturated heterocycles. The first-order chi connectivity index (χ1) is 9.36. The van der Waals surface area contributed by atoms with Gasteiger partial charge in [-0.3, -0.25) is 4.79 Å². The van der Waals surface area contributed by atoms with E-state index in [0.29, 0.717) is 6.54 Å². The molecule has 1 rings (SSSR count). The summed E-state index contributed by atoms with van der Waals surface area (Å²) in [6.07, 6.45) is -4.17. The Bertz CT molecular complexity index is 445. The summed E-state index contributed by atoms with van der Waals surface area (Å²) in [4.78, 5) is 10.8. The first-order valence-electron chi connectivity index (χ1n) is 6.18. The average Bonchev–Trinajstić information content (AvgIpc) is 2.39. The summed E-state index contributed by atoms with van der Waals surface area (Å²) in [5.41, 5.74) is 0.806. The highest BCUT2D eigenvalue weighted by Gasteiger charge is 2.38. The summed E-state index contributed by atoms with van der Waals surface area (Å²) < 4.78 is 36.4. The summed E-state index contributed by atoms with van der Waals surface area (Å²) in [5.74, 6) is -2.00. The number of carbonyl (C=O) groups is 1. The number of aliphatic hydroxyl groups is 1. The SMILES string of the molecule is CC[C@@H](CO)NCc1cccc(NC(=O)C(F)(F)F)c1. The van der Waals surface area contributed by atoms with Crippen LogP contribution in [0.15, 0.2) is 24.3 Å². The maximum absolute atomic E-state index is 12.1. The van der Waals surface area contributed by atoms with Crippen LogP contribution in [0.5, 0.6) is 0 Å². The molecule has 0 heterocycles. The molecule has 7 heteroatoms. The lowest BCUT2D eigenvalue weighted by Crippen LogP contribution is -2.31. The molecule has 1 aromatic carbocycles. The largest absolute Gasteiger partial charge is 0.471 e. The van der Waals surface area contributed by atoms with Gasteiger partial charge >= 0.3 is 12.1 Å². The van der Waals surface area contributed by atoms with Crippen molar-refractivity contribution in [2.75, 3.05) is 11.9 Å². The molecule has 1 aromatic rings. The van der Waals surface area contributed by atoms with E-state index in [9.17, 15) is 18.0 Å². The van der Waals surface area contributed by atoms with Crippen LogP contribution in [0.4, 0.5) is 18.9 Å². The van der Waals surface area contributed by atoms with Gasteiger partial charge in [-0.25, -0.2) is 0 Å². The highest BCUT2D eigenvalue weighted by atomic mass is 19.4. The van der Waals surface area contributed by atoms with Crippen molar-refractivity contribution in [3.05, 3.63) is 29.8 Å². The van der Waals surface area contributed by atoms with Crippen molar-refractivity contribution in [3.8, 4) is 0 Å². The minimum atomic E-state index is -4.90. The zero-order chi connectivity index (χ0) is 15.2. The van der Waals surface area contributed by atoms with E-state index in [-0.39, 0.29) is 18.3 Å². The smallest absolute Gasteiger partial charge is 0.395 e. The summed E-state index contributed by atoms with van der Waals surface area (Å²) in [6, 6.07) is 6.06. The molecule has 3 N–H and O–H groups in total. The van der Waals surface area contributed by atoms with Crippen LogP contribution in [0.25, 0.3) is 0 Å². The Morgan fingerprint density at radius 1 is 1.40 bits per heavy atom. The maximum Gasteiger partial charge on any atom is 0.471 e. The number of anilines is 1. The molecule has 20 heavy (non-hydrogen) atoms. The molecule has 0 radical (unpaired) electrons. The van der Waals surface area contributed by atoms with Crippen LogP contribution in [0.2, 0.25) is 0 Å². The van der Waals surface area contributed by atoms with E-state index in [1.807, 2.05) is 6.92 Å². The van der Waals surface area contributed by atoms with Crippen LogP contribution in [0, 0.1) is 0 Å². The van der Waals surface area contributed by atoms with Gasteiger partial charge in [-0.2, -0.15) is 13.2 Å². The highest BCUT2D eigenvalue weighted by Crippen LogP contribution is 2.18. The summed E-state index contributed by atoms with van der Waals surface area (Å²) in [5, 5.41) is 13.9. The van der Waals surface area contributed by atoms with Crippen LogP contribution in [-0.2, 0) is 11.3 Å². The molecule has 1 amide bonds. The molecule has 0 aliphatic rings. The quantitative estimate of drug-likeness (QED) is 0.751. The highest BCUT2D eigenvalue weighted by molar-refractivity contribution is 5.94. The van der Waals surface area contributed by atoms with Crippen molar-refractivity contribution in [1.82, 2.24) is 5.32 Å². The second-order valence-electron chi connectivity index (χ2n) is 4.32. The lowest BCUT2D eigenvalue weighted by molar-refractivity contribution is -0.167. The van der Waals surface area contributed by atoms with Gasteiger partial charge in [0.2, 0.25) is 0 Å². The third-order valence-corrected chi connectivity index (χ3v) is 2.75. The van der Waals surface area contributed by atoms with Crippen LogP contribution in [-0.4, -0.2) is 29.8 Å². The van der Waals surface area contributed by atoms with Gasteiger partial charge in [-0.05, 0) is 24.1 Å². The van der Waals surface area contributed by atoms with E-state index in [4.69, 9.17) is 5.11 Å². The first-order valence-corrected chi connectivity index (χ1v) is 6.18. The van der Waals surface area contributed by atoms with E-state index in [0.717, 1.165) is 12.0 Å². The number of halogens is 3. The van der Waals surface area contributed by atoms with Crippen molar-refractivity contribution < 1.29 is 23.1 Å². The molecule has 4 nitrogen and oxygen atoms in total. The third kappa shape index (κ3) is 5.18. The average molecular weight is 290 g/mol. The molecule has 1 atom stereocenters. The van der Waals surface area contributed by atoms with Gasteiger partial charge in [-0.1, -0.05) is 19.1 Å². The molecular formula is C13H17F3N2O2. The van der Waals surface area contributed by atoms with E-state index < -0.39 is 12.1 Å². The maximum atomic E-state index is 12.1. The van der Waals surface area contributed by atoms with E-state index in [2.05, 4.69) is 5.32 Å². The number of alkyl halides is 3. The van der Waals surface area contributed by atoms with Gasteiger partial charge < -0.3 is 15.7 Å². The molecule has 0 unspecified atom stereocenters. The predicted molar refractivity (Wildman–Crippen MR) is 69.1 cm³/mol. The van der Waals surface area contributed by atoms with Crippen LogP contribution in [0.1, 0.15) is 18.9 Å². The Hall–Kier alpha value is -1.60. The topological polar surface area (TPSA) is 61.4 Å². The number of hydrogen-bond acceptors (Lipinski definition) is 3. The summed E-state index contributed by atoms with van der Waals surface area (Å²) >= 11 is 0. The number of aliphatic hydroxyl groups excluding tert-OH is 1. The summed E-state index contributed by atoms with van der Waals surface area (Å²) in [6.45, 7) is 2.30. The fourth-order valence-corrected chi connectivity index (χ4v) is 1.56. The Morgan fingerprint density at radius 3 is 2.65 bits per heavy atom. The molecule has 0 aromatic heterocycles. The molecule has 0 aliphatic carbocycles. The molecule has 0 spiro atoms. The molecule has 112 valence electrons. The van der Waals surface area contributed by atoms with Crippen LogP contribution in [0.3, 0.4) is 0 Å². The van der Waals surface area contributed by atoms with Gasteiger partial charge in [0, 0.05) is 18.3 Å². The Morgan fingerprint density at radius 2 is 2.10 bits per heavy atom. The van der Waals surface area contributed by atoms with Crippen molar-refractivity contribution in [2.45, 2.75) is 32.1 Å². The lowest BCUT2D eigenvalue weighted by Gasteiger charge is -2.14. The number of rotatable bonds is 6. The Labute approximate surface area is 115 Å². The molecular weight excluding hydrogens is 273 g/mol. The normalized spacial score (nSPS) is 13.1. The van der Waals surface area contributed by atoms with Gasteiger partial charge in [0.25, 0.3) is 0 Å². The van der Waals surface area contributed by atoms with Crippen molar-refractivity contribution in [1.29, 1.82) is 0 Å². The monoisotopic (exact) mass is 290 g/mol. The van der Waals surface area contributed by atoms with Crippen molar-refractivity contribution in [3.63, 3.8) is 0 Å². The minimum absolute atomic E-state index is 0.0129. The fraction of sp³-hybridized carbons (Fsp3) is 0.462. The number of hydrogen-bond donors (Lipinski definition) is 3. The zero-order valence-corrected chi connectivity index (χ0v) is 11.0. The second-order valence-corrected chi connectivity index (χ2v) is 4.32. The Balaban J connectivity index is 2.64. The van der Waals surface area contributed by atoms with E-state index >= 15 is 0 Å². The molecule has 0 bridgehead atoms. The Kier molecular flexibility index (Phi) is 5.97. The van der Waals surface area contributed by atoms with Crippen LogP contribution < -0.4 is 10.6 Å². The van der Waals surface area contributed by atoms with Gasteiger partial charge in [0.05, 0.1) is 6.61 Å². The number of amides is 1. The predicted octanol–water partition coefficient (Wildman–Crippen LogP) is 2.05. The number of nitrogens with one attached hydrogen (secondary N) is 2. The molecule has 0 fully saturated rings. The van der Waals surface area contributed by atoms with Crippen molar-refractivity contribution in [2.24, 2.45) is 0 Å². The fourth-order valence-electron chi connectivity index (χ4n) is 1.56. The number of carbonyl (C=O) groups excluding carboxylic acids is 1. The lowest BCUT2D eigenvalue weighted by atomic mass is 10.1. The molecule has 0 aliphatic heterocycles. The first kappa shape index (κ1) is 16.5. The van der Waals surface area contributed by atoms with Gasteiger partial charge in [-0.15, -0.1) is 0 Å².